The van der Waals surface area contributed by atoms with Crippen molar-refractivity contribution in [2.24, 2.45) is 5.73 Å². The molecule has 0 heterocycles. The number of benzene rings is 1. The molecule has 2 unspecified atom stereocenters. The summed E-state index contributed by atoms with van der Waals surface area (Å²) in [4.78, 5) is 19.8. The molecule has 0 amide bonds. The molecule has 0 aromatic heterocycles. The Labute approximate surface area is 106 Å². The SMILES string of the molecule is NC(CCc1ccccc1)CP(=O)(O)CC(=O)O. The topological polar surface area (TPSA) is 101 Å². The van der Waals surface area contributed by atoms with Gasteiger partial charge in [0.2, 0.25) is 7.37 Å². The molecule has 1 aromatic carbocycles. The van der Waals surface area contributed by atoms with Crippen molar-refractivity contribution in [1.82, 2.24) is 0 Å². The third-order valence-electron chi connectivity index (χ3n) is 2.55. The van der Waals surface area contributed by atoms with Gasteiger partial charge in [-0.2, -0.15) is 0 Å². The van der Waals surface area contributed by atoms with E-state index in [9.17, 15) is 14.3 Å². The summed E-state index contributed by atoms with van der Waals surface area (Å²) in [5, 5.41) is 8.50. The summed E-state index contributed by atoms with van der Waals surface area (Å²) < 4.78 is 11.5. The van der Waals surface area contributed by atoms with Gasteiger partial charge in [-0.05, 0) is 18.4 Å². The Kier molecular flexibility index (Phi) is 5.54. The monoisotopic (exact) mass is 271 g/mol. The van der Waals surface area contributed by atoms with Crippen molar-refractivity contribution in [3.05, 3.63) is 35.9 Å². The highest BCUT2D eigenvalue weighted by Crippen LogP contribution is 2.40. The number of carbonyl (C=O) groups is 1. The number of carboxylic acids is 1. The van der Waals surface area contributed by atoms with Crippen LogP contribution in [0.15, 0.2) is 30.3 Å². The average Bonchev–Trinajstić information content (AvgIpc) is 2.25. The van der Waals surface area contributed by atoms with E-state index in [-0.39, 0.29) is 6.16 Å². The Morgan fingerprint density at radius 3 is 2.50 bits per heavy atom. The summed E-state index contributed by atoms with van der Waals surface area (Å²) in [6, 6.07) is 9.22. The van der Waals surface area contributed by atoms with Crippen molar-refractivity contribution >= 4 is 13.3 Å². The minimum atomic E-state index is -3.65. The first-order chi connectivity index (χ1) is 8.39. The maximum Gasteiger partial charge on any atom is 0.313 e. The van der Waals surface area contributed by atoms with Gasteiger partial charge in [-0.15, -0.1) is 0 Å². The number of nitrogens with two attached hydrogens (primary N) is 1. The predicted molar refractivity (Wildman–Crippen MR) is 69.9 cm³/mol. The lowest BCUT2D eigenvalue weighted by molar-refractivity contribution is -0.134. The van der Waals surface area contributed by atoms with Gasteiger partial charge in [-0.25, -0.2) is 0 Å². The van der Waals surface area contributed by atoms with E-state index < -0.39 is 25.5 Å². The van der Waals surface area contributed by atoms with Crippen LogP contribution in [0.1, 0.15) is 12.0 Å². The van der Waals surface area contributed by atoms with Crippen LogP contribution in [0.25, 0.3) is 0 Å². The summed E-state index contributed by atoms with van der Waals surface area (Å²) >= 11 is 0. The molecular formula is C12H18NO4P. The van der Waals surface area contributed by atoms with Gasteiger partial charge in [0.1, 0.15) is 6.16 Å². The van der Waals surface area contributed by atoms with Crippen LogP contribution >= 0.6 is 7.37 Å². The van der Waals surface area contributed by atoms with Crippen molar-refractivity contribution in [3.8, 4) is 0 Å². The standard InChI is InChI=1S/C12H18NO4P/c13-11(8-18(16,17)9-12(14)15)7-6-10-4-2-1-3-5-10/h1-5,11H,6-9,13H2,(H,14,15)(H,16,17). The fourth-order valence-electron chi connectivity index (χ4n) is 1.73. The number of carboxylic acid groups (broad SMARTS) is 1. The Morgan fingerprint density at radius 1 is 1.33 bits per heavy atom. The number of rotatable bonds is 7. The van der Waals surface area contributed by atoms with E-state index in [1.54, 1.807) is 0 Å². The Hall–Kier alpha value is -1.16. The first-order valence-corrected chi connectivity index (χ1v) is 7.74. The number of aryl methyl sites for hydroxylation is 1. The Bertz CT molecular complexity index is 435. The summed E-state index contributed by atoms with van der Waals surface area (Å²) in [6.45, 7) is 0. The maximum atomic E-state index is 11.5. The quantitative estimate of drug-likeness (QED) is 0.649. The van der Waals surface area contributed by atoms with E-state index >= 15 is 0 Å². The molecule has 0 fully saturated rings. The van der Waals surface area contributed by atoms with Crippen LogP contribution < -0.4 is 5.73 Å². The normalized spacial score (nSPS) is 15.9. The van der Waals surface area contributed by atoms with Crippen LogP contribution in [0.4, 0.5) is 0 Å². The summed E-state index contributed by atoms with van der Waals surface area (Å²) in [5.41, 5.74) is 6.87. The minimum absolute atomic E-state index is 0.147. The first kappa shape index (κ1) is 14.9. The van der Waals surface area contributed by atoms with E-state index in [4.69, 9.17) is 10.8 Å². The van der Waals surface area contributed by atoms with Crippen LogP contribution in [0.3, 0.4) is 0 Å². The molecule has 0 saturated carbocycles. The zero-order valence-corrected chi connectivity index (χ0v) is 10.9. The third-order valence-corrected chi connectivity index (χ3v) is 4.35. The lowest BCUT2D eigenvalue weighted by Gasteiger charge is -2.15. The van der Waals surface area contributed by atoms with E-state index in [0.29, 0.717) is 6.42 Å². The molecule has 5 nitrogen and oxygen atoms in total. The summed E-state index contributed by atoms with van der Waals surface area (Å²) in [7, 11) is -3.65. The van der Waals surface area contributed by atoms with E-state index in [0.717, 1.165) is 12.0 Å². The largest absolute Gasteiger partial charge is 0.481 e. The van der Waals surface area contributed by atoms with Gasteiger partial charge in [-0.3, -0.25) is 9.36 Å². The Balaban J connectivity index is 2.40. The second kappa shape index (κ2) is 6.69. The molecule has 4 N–H and O–H groups in total. The van der Waals surface area contributed by atoms with Crippen LogP contribution in [0.2, 0.25) is 0 Å². The molecule has 0 aliphatic rings. The van der Waals surface area contributed by atoms with E-state index in [1.807, 2.05) is 30.3 Å². The second-order valence-electron chi connectivity index (χ2n) is 4.37. The first-order valence-electron chi connectivity index (χ1n) is 5.71. The molecule has 100 valence electrons. The molecular weight excluding hydrogens is 253 g/mol. The van der Waals surface area contributed by atoms with Crippen molar-refractivity contribution < 1.29 is 19.4 Å². The van der Waals surface area contributed by atoms with Crippen LogP contribution in [-0.2, 0) is 15.8 Å². The molecule has 0 aliphatic carbocycles. The fourth-order valence-corrected chi connectivity index (χ4v) is 3.20. The maximum absolute atomic E-state index is 11.5. The van der Waals surface area contributed by atoms with Crippen molar-refractivity contribution in [2.45, 2.75) is 18.9 Å². The third kappa shape index (κ3) is 5.96. The van der Waals surface area contributed by atoms with Gasteiger partial charge in [0.15, 0.2) is 0 Å². The van der Waals surface area contributed by atoms with Gasteiger partial charge in [0.05, 0.1) is 0 Å². The van der Waals surface area contributed by atoms with Gasteiger partial charge in [0, 0.05) is 12.2 Å². The zero-order chi connectivity index (χ0) is 13.6. The molecule has 0 saturated heterocycles. The molecule has 2 atom stereocenters. The van der Waals surface area contributed by atoms with Crippen LogP contribution in [0, 0.1) is 0 Å². The van der Waals surface area contributed by atoms with Gasteiger partial charge in [0.25, 0.3) is 0 Å². The number of hydrogen-bond acceptors (Lipinski definition) is 3. The molecule has 1 aromatic rings. The zero-order valence-electron chi connectivity index (χ0n) is 10.0. The molecule has 0 spiro atoms. The highest BCUT2D eigenvalue weighted by atomic mass is 31.2. The van der Waals surface area contributed by atoms with Gasteiger partial charge < -0.3 is 15.7 Å². The fraction of sp³-hybridized carbons (Fsp3) is 0.417. The average molecular weight is 271 g/mol. The van der Waals surface area contributed by atoms with Crippen molar-refractivity contribution in [3.63, 3.8) is 0 Å². The van der Waals surface area contributed by atoms with Crippen molar-refractivity contribution in [1.29, 1.82) is 0 Å². The molecule has 18 heavy (non-hydrogen) atoms. The van der Waals surface area contributed by atoms with Crippen LogP contribution in [-0.4, -0.2) is 34.3 Å². The number of hydrogen-bond donors (Lipinski definition) is 3. The molecule has 0 radical (unpaired) electrons. The molecule has 6 heteroatoms. The predicted octanol–water partition coefficient (Wildman–Crippen LogP) is 1.30. The summed E-state index contributed by atoms with van der Waals surface area (Å²) in [5.74, 6) is -1.27. The minimum Gasteiger partial charge on any atom is -0.481 e. The highest BCUT2D eigenvalue weighted by molar-refractivity contribution is 7.59. The van der Waals surface area contributed by atoms with Gasteiger partial charge >= 0.3 is 5.97 Å². The second-order valence-corrected chi connectivity index (χ2v) is 6.74. The molecule has 1 rings (SSSR count). The highest BCUT2D eigenvalue weighted by Gasteiger charge is 2.25. The van der Waals surface area contributed by atoms with E-state index in [1.165, 1.54) is 0 Å². The Morgan fingerprint density at radius 2 is 1.94 bits per heavy atom. The van der Waals surface area contributed by atoms with Crippen LogP contribution in [0.5, 0.6) is 0 Å². The van der Waals surface area contributed by atoms with E-state index in [2.05, 4.69) is 0 Å². The van der Waals surface area contributed by atoms with Crippen molar-refractivity contribution in [2.75, 3.05) is 12.3 Å². The lowest BCUT2D eigenvalue weighted by atomic mass is 10.1. The number of aliphatic carboxylic acids is 1. The molecule has 0 bridgehead atoms. The molecule has 0 aliphatic heterocycles. The summed E-state index contributed by atoms with van der Waals surface area (Å²) in [6.07, 6.45) is 0.418. The lowest BCUT2D eigenvalue weighted by Crippen LogP contribution is -2.26. The van der Waals surface area contributed by atoms with Gasteiger partial charge in [-0.1, -0.05) is 30.3 Å². The smallest absolute Gasteiger partial charge is 0.313 e.